The number of aromatic hydroxyl groups is 1. The normalized spacial score (nSPS) is 32.5. The molecule has 3 N–H and O–H groups in total. The second-order valence-corrected chi connectivity index (χ2v) is 8.61. The number of benzene rings is 1. The molecule has 1 aromatic rings. The molecule has 0 saturated heterocycles. The van der Waals surface area contributed by atoms with Crippen molar-refractivity contribution in [3.05, 3.63) is 28.8 Å². The van der Waals surface area contributed by atoms with Crippen LogP contribution < -0.4 is 0 Å². The molecule has 3 rings (SSSR count). The van der Waals surface area contributed by atoms with Crippen molar-refractivity contribution in [3.63, 3.8) is 0 Å². The standard InChI is InChI=1S/C20H30O3/c1-12(2)13-8-14-15(9-16(13)22)20(11-21)7-5-6-19(3,4)18(20)10-17(14)23/h8-9,12,17-18,21-23H,5-7,10-11H2,1-4H3/t17-,18+,20+/m1/s1. The highest BCUT2D eigenvalue weighted by molar-refractivity contribution is 5.50. The van der Waals surface area contributed by atoms with Gasteiger partial charge in [0.1, 0.15) is 5.75 Å². The van der Waals surface area contributed by atoms with Gasteiger partial charge in [0, 0.05) is 5.41 Å². The quantitative estimate of drug-likeness (QED) is 0.772. The second kappa shape index (κ2) is 5.49. The van der Waals surface area contributed by atoms with E-state index in [1.165, 1.54) is 0 Å². The van der Waals surface area contributed by atoms with Crippen LogP contribution in [0.1, 0.15) is 82.1 Å². The van der Waals surface area contributed by atoms with Crippen molar-refractivity contribution in [1.29, 1.82) is 0 Å². The molecule has 0 aliphatic heterocycles. The lowest BCUT2D eigenvalue weighted by atomic mass is 9.49. The zero-order valence-corrected chi connectivity index (χ0v) is 14.8. The fourth-order valence-electron chi connectivity index (χ4n) is 5.24. The molecule has 1 saturated carbocycles. The van der Waals surface area contributed by atoms with E-state index in [2.05, 4.69) is 13.8 Å². The molecule has 1 aromatic carbocycles. The first kappa shape index (κ1) is 16.8. The number of aliphatic hydroxyl groups is 2. The molecule has 0 aromatic heterocycles. The molecule has 23 heavy (non-hydrogen) atoms. The predicted molar refractivity (Wildman–Crippen MR) is 91.7 cm³/mol. The Balaban J connectivity index is 2.22. The number of hydrogen-bond acceptors (Lipinski definition) is 3. The van der Waals surface area contributed by atoms with Crippen LogP contribution in [0.15, 0.2) is 12.1 Å². The molecule has 0 spiro atoms. The van der Waals surface area contributed by atoms with Gasteiger partial charge in [-0.15, -0.1) is 0 Å². The van der Waals surface area contributed by atoms with Crippen molar-refractivity contribution in [3.8, 4) is 5.75 Å². The molecule has 3 atom stereocenters. The van der Waals surface area contributed by atoms with Crippen LogP contribution in [0.2, 0.25) is 0 Å². The molecule has 0 bridgehead atoms. The SMILES string of the molecule is CC(C)c1cc2c(cc1O)[C@@]1(CO)CCCC(C)(C)[C@@H]1C[C@H]2O. The summed E-state index contributed by atoms with van der Waals surface area (Å²) in [6.45, 7) is 8.68. The first-order chi connectivity index (χ1) is 10.7. The summed E-state index contributed by atoms with van der Waals surface area (Å²) in [6, 6.07) is 3.80. The van der Waals surface area contributed by atoms with Crippen LogP contribution >= 0.6 is 0 Å². The molecule has 3 nitrogen and oxygen atoms in total. The van der Waals surface area contributed by atoms with Crippen molar-refractivity contribution in [2.75, 3.05) is 6.61 Å². The van der Waals surface area contributed by atoms with Gasteiger partial charge in [-0.1, -0.05) is 34.1 Å². The zero-order chi connectivity index (χ0) is 17.0. The molecule has 0 heterocycles. The fourth-order valence-corrected chi connectivity index (χ4v) is 5.24. The van der Waals surface area contributed by atoms with E-state index in [1.807, 2.05) is 26.0 Å². The van der Waals surface area contributed by atoms with Gasteiger partial charge in [-0.3, -0.25) is 0 Å². The van der Waals surface area contributed by atoms with Crippen LogP contribution in [0.5, 0.6) is 5.75 Å². The van der Waals surface area contributed by atoms with Crippen LogP contribution in [0.3, 0.4) is 0 Å². The maximum atomic E-state index is 10.8. The van der Waals surface area contributed by atoms with Crippen molar-refractivity contribution < 1.29 is 15.3 Å². The summed E-state index contributed by atoms with van der Waals surface area (Å²) in [5.41, 5.74) is 2.52. The monoisotopic (exact) mass is 318 g/mol. The molecular weight excluding hydrogens is 288 g/mol. The summed E-state index contributed by atoms with van der Waals surface area (Å²) in [5.74, 6) is 0.737. The lowest BCUT2D eigenvalue weighted by Gasteiger charge is -2.56. The highest BCUT2D eigenvalue weighted by Gasteiger charge is 2.54. The van der Waals surface area contributed by atoms with E-state index in [1.54, 1.807) is 0 Å². The number of aliphatic hydroxyl groups excluding tert-OH is 2. The Morgan fingerprint density at radius 3 is 2.52 bits per heavy atom. The first-order valence-corrected chi connectivity index (χ1v) is 8.89. The fraction of sp³-hybridized carbons (Fsp3) is 0.700. The van der Waals surface area contributed by atoms with Crippen molar-refractivity contribution in [1.82, 2.24) is 0 Å². The van der Waals surface area contributed by atoms with Gasteiger partial charge in [0.05, 0.1) is 12.7 Å². The molecule has 2 aliphatic rings. The van der Waals surface area contributed by atoms with Crippen molar-refractivity contribution >= 4 is 0 Å². The Morgan fingerprint density at radius 1 is 1.22 bits per heavy atom. The van der Waals surface area contributed by atoms with Gasteiger partial charge in [-0.05, 0) is 65.3 Å². The van der Waals surface area contributed by atoms with Crippen LogP contribution in [-0.4, -0.2) is 21.9 Å². The average Bonchev–Trinajstić information content (AvgIpc) is 2.47. The molecular formula is C20H30O3. The van der Waals surface area contributed by atoms with Gasteiger partial charge < -0.3 is 15.3 Å². The Kier molecular flexibility index (Phi) is 4.01. The number of fused-ring (bicyclic) bond motifs is 3. The number of hydrogen-bond donors (Lipinski definition) is 3. The van der Waals surface area contributed by atoms with Crippen LogP contribution in [0.4, 0.5) is 0 Å². The lowest BCUT2D eigenvalue weighted by molar-refractivity contribution is -0.0385. The third kappa shape index (κ3) is 2.40. The van der Waals surface area contributed by atoms with E-state index in [0.29, 0.717) is 12.2 Å². The third-order valence-electron chi connectivity index (χ3n) is 6.51. The van der Waals surface area contributed by atoms with Crippen molar-refractivity contribution in [2.24, 2.45) is 11.3 Å². The summed E-state index contributed by atoms with van der Waals surface area (Å²) in [4.78, 5) is 0. The average molecular weight is 318 g/mol. The van der Waals surface area contributed by atoms with Crippen LogP contribution in [0, 0.1) is 11.3 Å². The highest BCUT2D eigenvalue weighted by Crippen LogP contribution is 2.59. The summed E-state index contributed by atoms with van der Waals surface area (Å²) < 4.78 is 0. The molecule has 2 aliphatic carbocycles. The first-order valence-electron chi connectivity index (χ1n) is 8.89. The van der Waals surface area contributed by atoms with Gasteiger partial charge in [0.2, 0.25) is 0 Å². The zero-order valence-electron chi connectivity index (χ0n) is 14.8. The van der Waals surface area contributed by atoms with E-state index in [0.717, 1.165) is 36.0 Å². The van der Waals surface area contributed by atoms with E-state index in [9.17, 15) is 15.3 Å². The minimum Gasteiger partial charge on any atom is -0.508 e. The minimum absolute atomic E-state index is 0.0846. The van der Waals surface area contributed by atoms with E-state index < -0.39 is 6.10 Å². The minimum atomic E-state index is -0.509. The van der Waals surface area contributed by atoms with E-state index >= 15 is 0 Å². The summed E-state index contributed by atoms with van der Waals surface area (Å²) in [7, 11) is 0. The highest BCUT2D eigenvalue weighted by atomic mass is 16.3. The maximum Gasteiger partial charge on any atom is 0.119 e. The maximum absolute atomic E-state index is 10.8. The number of rotatable bonds is 2. The van der Waals surface area contributed by atoms with Gasteiger partial charge in [0.25, 0.3) is 0 Å². The van der Waals surface area contributed by atoms with Crippen molar-refractivity contribution in [2.45, 2.75) is 70.8 Å². The lowest BCUT2D eigenvalue weighted by Crippen LogP contribution is -2.52. The molecule has 3 heteroatoms. The predicted octanol–water partition coefficient (Wildman–Crippen LogP) is 4.01. The summed E-state index contributed by atoms with van der Waals surface area (Å²) in [6.07, 6.45) is 3.31. The molecule has 128 valence electrons. The Morgan fingerprint density at radius 2 is 1.91 bits per heavy atom. The topological polar surface area (TPSA) is 60.7 Å². The molecule has 0 radical (unpaired) electrons. The van der Waals surface area contributed by atoms with Crippen LogP contribution in [0.25, 0.3) is 0 Å². The smallest absolute Gasteiger partial charge is 0.119 e. The third-order valence-corrected chi connectivity index (χ3v) is 6.51. The van der Waals surface area contributed by atoms with E-state index in [-0.39, 0.29) is 29.3 Å². The Labute approximate surface area is 139 Å². The number of phenolic OH excluding ortho intramolecular Hbond substituents is 1. The van der Waals surface area contributed by atoms with Gasteiger partial charge >= 0.3 is 0 Å². The second-order valence-electron chi connectivity index (χ2n) is 8.61. The van der Waals surface area contributed by atoms with Gasteiger partial charge in [-0.25, -0.2) is 0 Å². The van der Waals surface area contributed by atoms with Crippen LogP contribution in [-0.2, 0) is 5.41 Å². The Hall–Kier alpha value is -1.06. The Bertz CT molecular complexity index is 605. The number of phenols is 1. The molecule has 1 fully saturated rings. The van der Waals surface area contributed by atoms with Gasteiger partial charge in [0.15, 0.2) is 0 Å². The largest absolute Gasteiger partial charge is 0.508 e. The summed E-state index contributed by atoms with van der Waals surface area (Å²) >= 11 is 0. The molecule has 0 amide bonds. The van der Waals surface area contributed by atoms with E-state index in [4.69, 9.17) is 0 Å². The molecule has 0 unspecified atom stereocenters. The summed E-state index contributed by atoms with van der Waals surface area (Å²) in [5, 5.41) is 31.6. The van der Waals surface area contributed by atoms with Gasteiger partial charge in [-0.2, -0.15) is 0 Å².